The minimum Gasteiger partial charge on any atom is -0.350 e. The van der Waals surface area contributed by atoms with Crippen molar-refractivity contribution in [3.05, 3.63) is 77.4 Å². The minimum atomic E-state index is -0.292. The van der Waals surface area contributed by atoms with Crippen molar-refractivity contribution in [2.24, 2.45) is 0 Å². The lowest BCUT2D eigenvalue weighted by atomic mass is 9.87. The first-order chi connectivity index (χ1) is 12.3. The lowest BCUT2D eigenvalue weighted by molar-refractivity contribution is -0.124. The van der Waals surface area contributed by atoms with Gasteiger partial charge in [0.15, 0.2) is 0 Å². The average Bonchev–Trinajstić information content (AvgIpc) is 2.63. The number of rotatable bonds is 6. The molecular weight excluding hydrogens is 324 g/mol. The zero-order valence-electron chi connectivity index (χ0n) is 15.6. The van der Waals surface area contributed by atoms with Crippen LogP contribution in [0.2, 0.25) is 0 Å². The molecule has 0 fully saturated rings. The summed E-state index contributed by atoms with van der Waals surface area (Å²) in [4.78, 5) is 23.6. The highest BCUT2D eigenvalue weighted by atomic mass is 16.2. The number of hydrogen-bond donors (Lipinski definition) is 2. The van der Waals surface area contributed by atoms with Crippen LogP contribution in [-0.2, 0) is 21.5 Å². The molecule has 4 heteroatoms. The SMILES string of the molecule is CC(C)(C)c1ccc(/C=C/C(=O)NCC(=O)NCc2ccccc2)cc1. The maximum Gasteiger partial charge on any atom is 0.244 e. The van der Waals surface area contributed by atoms with Gasteiger partial charge in [-0.2, -0.15) is 0 Å². The summed E-state index contributed by atoms with van der Waals surface area (Å²) in [6, 6.07) is 17.7. The molecule has 0 aliphatic rings. The van der Waals surface area contributed by atoms with E-state index in [0.29, 0.717) is 6.54 Å². The Hall–Kier alpha value is -2.88. The van der Waals surface area contributed by atoms with Gasteiger partial charge in [0.25, 0.3) is 0 Å². The standard InChI is InChI=1S/C22H26N2O2/c1-22(2,3)19-12-9-17(10-13-19)11-14-20(25)24-16-21(26)23-15-18-7-5-4-6-8-18/h4-14H,15-16H2,1-3H3,(H,23,26)(H,24,25)/b14-11+. The van der Waals surface area contributed by atoms with Gasteiger partial charge in [0, 0.05) is 12.6 Å². The largest absolute Gasteiger partial charge is 0.350 e. The predicted molar refractivity (Wildman–Crippen MR) is 105 cm³/mol. The van der Waals surface area contributed by atoms with Gasteiger partial charge in [-0.25, -0.2) is 0 Å². The molecule has 2 rings (SSSR count). The fraction of sp³-hybridized carbons (Fsp3) is 0.273. The molecule has 0 aromatic heterocycles. The molecule has 0 spiro atoms. The third-order valence-electron chi connectivity index (χ3n) is 3.96. The zero-order chi connectivity index (χ0) is 19.0. The Morgan fingerprint density at radius 2 is 1.58 bits per heavy atom. The number of carbonyl (C=O) groups excluding carboxylic acids is 2. The van der Waals surface area contributed by atoms with E-state index in [1.54, 1.807) is 6.08 Å². The van der Waals surface area contributed by atoms with E-state index < -0.39 is 0 Å². The lowest BCUT2D eigenvalue weighted by Crippen LogP contribution is -2.35. The smallest absolute Gasteiger partial charge is 0.244 e. The van der Waals surface area contributed by atoms with Crippen LogP contribution < -0.4 is 10.6 Å². The molecule has 0 bridgehead atoms. The molecule has 0 saturated heterocycles. The Balaban J connectivity index is 1.75. The normalized spacial score (nSPS) is 11.3. The molecule has 0 atom stereocenters. The predicted octanol–water partition coefficient (Wildman–Crippen LogP) is 3.43. The molecule has 0 radical (unpaired) electrons. The van der Waals surface area contributed by atoms with Crippen LogP contribution in [0.25, 0.3) is 6.08 Å². The molecule has 2 amide bonds. The first kappa shape index (κ1) is 19.4. The highest BCUT2D eigenvalue weighted by Crippen LogP contribution is 2.22. The van der Waals surface area contributed by atoms with Crippen molar-refractivity contribution in [1.82, 2.24) is 10.6 Å². The van der Waals surface area contributed by atoms with E-state index >= 15 is 0 Å². The molecule has 0 unspecified atom stereocenters. The van der Waals surface area contributed by atoms with Crippen LogP contribution in [0.3, 0.4) is 0 Å². The van der Waals surface area contributed by atoms with Crippen LogP contribution in [0, 0.1) is 0 Å². The molecule has 26 heavy (non-hydrogen) atoms. The number of carbonyl (C=O) groups is 2. The highest BCUT2D eigenvalue weighted by molar-refractivity contribution is 5.94. The van der Waals surface area contributed by atoms with Crippen molar-refractivity contribution in [1.29, 1.82) is 0 Å². The van der Waals surface area contributed by atoms with E-state index in [1.165, 1.54) is 11.6 Å². The molecule has 2 N–H and O–H groups in total. The van der Waals surface area contributed by atoms with Crippen molar-refractivity contribution in [2.45, 2.75) is 32.7 Å². The highest BCUT2D eigenvalue weighted by Gasteiger charge is 2.12. The third-order valence-corrected chi connectivity index (χ3v) is 3.96. The second-order valence-corrected chi connectivity index (χ2v) is 7.19. The molecular formula is C22H26N2O2. The summed E-state index contributed by atoms with van der Waals surface area (Å²) in [5.74, 6) is -0.509. The van der Waals surface area contributed by atoms with Crippen LogP contribution >= 0.6 is 0 Å². The van der Waals surface area contributed by atoms with Gasteiger partial charge in [-0.05, 0) is 28.2 Å². The Morgan fingerprint density at radius 3 is 2.19 bits per heavy atom. The first-order valence-corrected chi connectivity index (χ1v) is 8.72. The Morgan fingerprint density at radius 1 is 0.923 bits per heavy atom. The molecule has 2 aromatic carbocycles. The van der Waals surface area contributed by atoms with Crippen LogP contribution in [0.15, 0.2) is 60.7 Å². The summed E-state index contributed by atoms with van der Waals surface area (Å²) in [7, 11) is 0. The van der Waals surface area contributed by atoms with Crippen LogP contribution in [0.1, 0.15) is 37.5 Å². The monoisotopic (exact) mass is 350 g/mol. The van der Waals surface area contributed by atoms with Crippen molar-refractivity contribution in [2.75, 3.05) is 6.54 Å². The summed E-state index contributed by atoms with van der Waals surface area (Å²) >= 11 is 0. The third kappa shape index (κ3) is 6.55. The molecule has 0 heterocycles. The van der Waals surface area contributed by atoms with Gasteiger partial charge in [0.1, 0.15) is 0 Å². The van der Waals surface area contributed by atoms with Crippen molar-refractivity contribution >= 4 is 17.9 Å². The van der Waals surface area contributed by atoms with Crippen molar-refractivity contribution in [3.8, 4) is 0 Å². The van der Waals surface area contributed by atoms with Crippen molar-refractivity contribution < 1.29 is 9.59 Å². The van der Waals surface area contributed by atoms with E-state index in [1.807, 2.05) is 42.5 Å². The van der Waals surface area contributed by atoms with Gasteiger partial charge in [-0.15, -0.1) is 0 Å². The first-order valence-electron chi connectivity index (χ1n) is 8.72. The molecule has 0 saturated carbocycles. The fourth-order valence-corrected chi connectivity index (χ4v) is 2.35. The number of hydrogen-bond acceptors (Lipinski definition) is 2. The Labute approximate surface area is 155 Å². The number of benzene rings is 2. The van der Waals surface area contributed by atoms with Crippen LogP contribution in [-0.4, -0.2) is 18.4 Å². The van der Waals surface area contributed by atoms with Gasteiger partial charge in [0.2, 0.25) is 11.8 Å². The number of amides is 2. The summed E-state index contributed by atoms with van der Waals surface area (Å²) in [5, 5.41) is 5.36. The van der Waals surface area contributed by atoms with E-state index in [-0.39, 0.29) is 23.8 Å². The molecule has 4 nitrogen and oxygen atoms in total. The zero-order valence-corrected chi connectivity index (χ0v) is 15.6. The topological polar surface area (TPSA) is 58.2 Å². The Bertz CT molecular complexity index is 757. The summed E-state index contributed by atoms with van der Waals surface area (Å²) < 4.78 is 0. The summed E-state index contributed by atoms with van der Waals surface area (Å²) in [6.45, 7) is 6.89. The maximum atomic E-state index is 11.8. The number of nitrogens with one attached hydrogen (secondary N) is 2. The van der Waals surface area contributed by atoms with Gasteiger partial charge >= 0.3 is 0 Å². The Kier molecular flexibility index (Phi) is 6.73. The molecule has 2 aromatic rings. The average molecular weight is 350 g/mol. The maximum absolute atomic E-state index is 11.8. The second kappa shape index (κ2) is 8.99. The van der Waals surface area contributed by atoms with Gasteiger partial charge in [-0.3, -0.25) is 9.59 Å². The van der Waals surface area contributed by atoms with E-state index in [0.717, 1.165) is 11.1 Å². The summed E-state index contributed by atoms with van der Waals surface area (Å²) in [6.07, 6.45) is 3.18. The van der Waals surface area contributed by atoms with Crippen LogP contribution in [0.5, 0.6) is 0 Å². The quantitative estimate of drug-likeness (QED) is 0.784. The lowest BCUT2D eigenvalue weighted by Gasteiger charge is -2.18. The second-order valence-electron chi connectivity index (χ2n) is 7.19. The molecule has 0 aliphatic carbocycles. The minimum absolute atomic E-state index is 0.0427. The van der Waals surface area contributed by atoms with Crippen LogP contribution in [0.4, 0.5) is 0 Å². The van der Waals surface area contributed by atoms with Gasteiger partial charge in [0.05, 0.1) is 6.54 Å². The van der Waals surface area contributed by atoms with Crippen molar-refractivity contribution in [3.63, 3.8) is 0 Å². The van der Waals surface area contributed by atoms with E-state index in [9.17, 15) is 9.59 Å². The summed E-state index contributed by atoms with van der Waals surface area (Å²) in [5.41, 5.74) is 3.31. The fourth-order valence-electron chi connectivity index (χ4n) is 2.35. The van der Waals surface area contributed by atoms with E-state index in [2.05, 4.69) is 43.5 Å². The molecule has 0 aliphatic heterocycles. The molecule has 136 valence electrons. The van der Waals surface area contributed by atoms with E-state index in [4.69, 9.17) is 0 Å². The van der Waals surface area contributed by atoms with Gasteiger partial charge < -0.3 is 10.6 Å². The van der Waals surface area contributed by atoms with Gasteiger partial charge in [-0.1, -0.05) is 75.4 Å².